The third-order valence-electron chi connectivity index (χ3n) is 2.64. The van der Waals surface area contributed by atoms with Crippen molar-refractivity contribution in [1.82, 2.24) is 4.72 Å². The summed E-state index contributed by atoms with van der Waals surface area (Å²) in [5, 5.41) is 0. The fourth-order valence-electron chi connectivity index (χ4n) is 1.83. The lowest BCUT2D eigenvalue weighted by molar-refractivity contribution is 0.0386. The van der Waals surface area contributed by atoms with Crippen molar-refractivity contribution in [2.75, 3.05) is 24.8 Å². The van der Waals surface area contributed by atoms with Crippen LogP contribution in [0.3, 0.4) is 0 Å². The van der Waals surface area contributed by atoms with Crippen LogP contribution in [0.2, 0.25) is 0 Å². The molecule has 1 saturated heterocycles. The topological polar surface area (TPSA) is 55.4 Å². The molecule has 6 heteroatoms. The van der Waals surface area contributed by atoms with Crippen LogP contribution in [0.5, 0.6) is 0 Å². The van der Waals surface area contributed by atoms with Crippen LogP contribution in [0, 0.1) is 0 Å². The first-order chi connectivity index (χ1) is 7.47. The Morgan fingerprint density at radius 2 is 2.19 bits per heavy atom. The van der Waals surface area contributed by atoms with Crippen molar-refractivity contribution in [3.05, 3.63) is 0 Å². The number of alkyl halides is 1. The van der Waals surface area contributed by atoms with E-state index in [1.54, 1.807) is 0 Å². The number of hydrogen-bond acceptors (Lipinski definition) is 3. The van der Waals surface area contributed by atoms with Gasteiger partial charge in [0, 0.05) is 12.5 Å². The molecule has 1 aliphatic rings. The molecular formula is C10H20ClNO3S. The van der Waals surface area contributed by atoms with Gasteiger partial charge in [0.25, 0.3) is 0 Å². The third kappa shape index (κ3) is 4.99. The Bertz CT molecular complexity index is 299. The van der Waals surface area contributed by atoms with Crippen LogP contribution in [0.15, 0.2) is 0 Å². The zero-order chi connectivity index (χ0) is 12.1. The van der Waals surface area contributed by atoms with Crippen LogP contribution in [0.4, 0.5) is 0 Å². The minimum atomic E-state index is -3.20. The first-order valence-corrected chi connectivity index (χ1v) is 7.81. The van der Waals surface area contributed by atoms with Crippen molar-refractivity contribution < 1.29 is 13.2 Å². The number of sulfonamides is 1. The fourth-order valence-corrected chi connectivity index (χ4v) is 3.61. The predicted molar refractivity (Wildman–Crippen MR) is 65.3 cm³/mol. The molecular weight excluding hydrogens is 250 g/mol. The number of ether oxygens (including phenoxy) is 1. The normalized spacial score (nSPS) is 26.9. The molecule has 1 fully saturated rings. The molecule has 0 spiro atoms. The standard InChI is InChI=1S/C10H20ClNO3S/c1-10(5-4-7-15-9-10)12-16(13,14)8-3-2-6-11/h12H,2-9H2,1H3. The van der Waals surface area contributed by atoms with E-state index in [-0.39, 0.29) is 5.75 Å². The average molecular weight is 270 g/mol. The monoisotopic (exact) mass is 269 g/mol. The molecule has 0 saturated carbocycles. The van der Waals surface area contributed by atoms with Crippen LogP contribution in [0.1, 0.15) is 32.6 Å². The number of nitrogens with one attached hydrogen (secondary N) is 1. The molecule has 0 amide bonds. The summed E-state index contributed by atoms with van der Waals surface area (Å²) in [6.45, 7) is 3.08. The van der Waals surface area contributed by atoms with Crippen LogP contribution in [0.25, 0.3) is 0 Å². The maximum absolute atomic E-state index is 11.8. The molecule has 96 valence electrons. The lowest BCUT2D eigenvalue weighted by Gasteiger charge is -2.33. The Morgan fingerprint density at radius 1 is 1.44 bits per heavy atom. The van der Waals surface area contributed by atoms with Gasteiger partial charge in [-0.15, -0.1) is 11.6 Å². The molecule has 0 radical (unpaired) electrons. The van der Waals surface area contributed by atoms with Gasteiger partial charge in [-0.25, -0.2) is 13.1 Å². The minimum Gasteiger partial charge on any atom is -0.380 e. The zero-order valence-corrected chi connectivity index (χ0v) is 11.2. The maximum Gasteiger partial charge on any atom is 0.212 e. The molecule has 0 aromatic rings. The van der Waals surface area contributed by atoms with Crippen LogP contribution in [-0.4, -0.2) is 38.8 Å². The van der Waals surface area contributed by atoms with Gasteiger partial charge in [-0.1, -0.05) is 0 Å². The lowest BCUT2D eigenvalue weighted by atomic mass is 9.97. The summed E-state index contributed by atoms with van der Waals surface area (Å²) in [5.74, 6) is 0.658. The molecule has 0 bridgehead atoms. The molecule has 1 heterocycles. The minimum absolute atomic E-state index is 0.148. The lowest BCUT2D eigenvalue weighted by Crippen LogP contribution is -2.52. The van der Waals surface area contributed by atoms with Gasteiger partial charge in [-0.3, -0.25) is 0 Å². The summed E-state index contributed by atoms with van der Waals surface area (Å²) in [4.78, 5) is 0. The number of hydrogen-bond donors (Lipinski definition) is 1. The molecule has 1 rings (SSSR count). The Labute approximate surface area is 103 Å². The van der Waals surface area contributed by atoms with E-state index in [1.807, 2.05) is 6.92 Å². The van der Waals surface area contributed by atoms with E-state index in [1.165, 1.54) is 0 Å². The van der Waals surface area contributed by atoms with Gasteiger partial charge < -0.3 is 4.74 Å². The molecule has 16 heavy (non-hydrogen) atoms. The predicted octanol–water partition coefficient (Wildman–Crippen LogP) is 1.49. The Hall–Kier alpha value is 0.160. The van der Waals surface area contributed by atoms with E-state index < -0.39 is 15.6 Å². The molecule has 1 aliphatic heterocycles. The first kappa shape index (κ1) is 14.2. The van der Waals surface area contributed by atoms with Crippen LogP contribution in [-0.2, 0) is 14.8 Å². The van der Waals surface area contributed by atoms with Gasteiger partial charge in [0.2, 0.25) is 10.0 Å². The van der Waals surface area contributed by atoms with Crippen molar-refractivity contribution in [2.24, 2.45) is 0 Å². The van der Waals surface area contributed by atoms with Gasteiger partial charge in [0.1, 0.15) is 0 Å². The number of unbranched alkanes of at least 4 members (excludes halogenated alkanes) is 1. The second-order valence-electron chi connectivity index (χ2n) is 4.53. The van der Waals surface area contributed by atoms with E-state index in [9.17, 15) is 8.42 Å². The fraction of sp³-hybridized carbons (Fsp3) is 1.00. The first-order valence-electron chi connectivity index (χ1n) is 5.63. The Morgan fingerprint density at radius 3 is 2.75 bits per heavy atom. The second kappa shape index (κ2) is 6.19. The highest BCUT2D eigenvalue weighted by molar-refractivity contribution is 7.89. The zero-order valence-electron chi connectivity index (χ0n) is 9.67. The van der Waals surface area contributed by atoms with Gasteiger partial charge in [-0.2, -0.15) is 0 Å². The summed E-state index contributed by atoms with van der Waals surface area (Å²) < 4.78 is 31.6. The van der Waals surface area contributed by atoms with Crippen molar-refractivity contribution in [3.63, 3.8) is 0 Å². The van der Waals surface area contributed by atoms with Crippen LogP contribution >= 0.6 is 11.6 Å². The summed E-state index contributed by atoms with van der Waals surface area (Å²) in [6, 6.07) is 0. The Balaban J connectivity index is 2.44. The van der Waals surface area contributed by atoms with Gasteiger partial charge in [0.15, 0.2) is 0 Å². The number of rotatable bonds is 6. The average Bonchev–Trinajstić information content (AvgIpc) is 2.17. The van der Waals surface area contributed by atoms with Gasteiger partial charge in [0.05, 0.1) is 17.9 Å². The van der Waals surface area contributed by atoms with Crippen molar-refractivity contribution in [1.29, 1.82) is 0 Å². The molecule has 4 nitrogen and oxygen atoms in total. The van der Waals surface area contributed by atoms with E-state index in [0.29, 0.717) is 18.9 Å². The summed E-state index contributed by atoms with van der Waals surface area (Å²) in [6.07, 6.45) is 3.08. The maximum atomic E-state index is 11.8. The third-order valence-corrected chi connectivity index (χ3v) is 4.53. The number of halogens is 1. The van der Waals surface area contributed by atoms with Crippen molar-refractivity contribution in [3.8, 4) is 0 Å². The van der Waals surface area contributed by atoms with Gasteiger partial charge in [-0.05, 0) is 32.6 Å². The smallest absolute Gasteiger partial charge is 0.212 e. The molecule has 0 aromatic heterocycles. The molecule has 1 N–H and O–H groups in total. The Kier molecular flexibility index (Phi) is 5.50. The molecule has 0 aliphatic carbocycles. The second-order valence-corrected chi connectivity index (χ2v) is 6.75. The highest BCUT2D eigenvalue weighted by Crippen LogP contribution is 2.19. The summed E-state index contributed by atoms with van der Waals surface area (Å²) in [5.41, 5.74) is -0.432. The highest BCUT2D eigenvalue weighted by Gasteiger charge is 2.31. The van der Waals surface area contributed by atoms with E-state index in [2.05, 4.69) is 4.72 Å². The van der Waals surface area contributed by atoms with Crippen molar-refractivity contribution >= 4 is 21.6 Å². The molecule has 1 unspecified atom stereocenters. The van der Waals surface area contributed by atoms with E-state index in [4.69, 9.17) is 16.3 Å². The largest absolute Gasteiger partial charge is 0.380 e. The summed E-state index contributed by atoms with van der Waals surface area (Å²) in [7, 11) is -3.20. The van der Waals surface area contributed by atoms with Crippen LogP contribution < -0.4 is 4.72 Å². The van der Waals surface area contributed by atoms with E-state index in [0.717, 1.165) is 25.9 Å². The van der Waals surface area contributed by atoms with Gasteiger partial charge >= 0.3 is 0 Å². The highest BCUT2D eigenvalue weighted by atomic mass is 35.5. The molecule has 0 aromatic carbocycles. The molecule has 1 atom stereocenters. The quantitative estimate of drug-likeness (QED) is 0.587. The summed E-state index contributed by atoms with van der Waals surface area (Å²) >= 11 is 5.51. The van der Waals surface area contributed by atoms with Crippen molar-refractivity contribution in [2.45, 2.75) is 38.1 Å². The SMILES string of the molecule is CC1(NS(=O)(=O)CCCCCl)CCCOC1. The van der Waals surface area contributed by atoms with E-state index >= 15 is 0 Å².